The van der Waals surface area contributed by atoms with Crippen molar-refractivity contribution in [2.75, 3.05) is 0 Å². The number of carbonyl (C=O) groups excluding carboxylic acids is 1. The minimum atomic E-state index is -3.87. The summed E-state index contributed by atoms with van der Waals surface area (Å²) in [6.45, 7) is 3.75. The van der Waals surface area contributed by atoms with E-state index >= 15 is 0 Å². The van der Waals surface area contributed by atoms with E-state index in [1.54, 1.807) is 24.3 Å². The van der Waals surface area contributed by atoms with Gasteiger partial charge in [0.2, 0.25) is 0 Å². The number of benzene rings is 4. The summed E-state index contributed by atoms with van der Waals surface area (Å²) in [5.74, 6) is -0.557. The first-order valence-corrected chi connectivity index (χ1v) is 23.5. The molecule has 0 aliphatic rings. The molecular weight excluding hydrogens is 1050 g/mol. The van der Waals surface area contributed by atoms with Gasteiger partial charge in [-0.15, -0.1) is 27.5 Å². The molecule has 0 radical (unpaired) electrons. The second kappa shape index (κ2) is 18.5. The summed E-state index contributed by atoms with van der Waals surface area (Å²) in [7, 11) is -7.68. The van der Waals surface area contributed by atoms with Crippen molar-refractivity contribution in [2.24, 2.45) is 5.10 Å². The lowest BCUT2D eigenvalue weighted by Gasteiger charge is -2.10. The number of hydrogen-bond donors (Lipinski definition) is 3. The van der Waals surface area contributed by atoms with Crippen molar-refractivity contribution >= 4 is 129 Å². The first-order valence-electron chi connectivity index (χ1n) is 15.4. The van der Waals surface area contributed by atoms with Crippen LogP contribution in [0.4, 0.5) is 0 Å². The van der Waals surface area contributed by atoms with Crippen LogP contribution in [0.1, 0.15) is 27.0 Å². The molecule has 6 rings (SSSR count). The molecule has 6 aromatic rings. The highest BCUT2D eigenvalue weighted by atomic mass is 79.9. The van der Waals surface area contributed by atoms with E-state index in [4.69, 9.17) is 11.6 Å². The van der Waals surface area contributed by atoms with E-state index in [9.17, 15) is 21.6 Å². The predicted molar refractivity (Wildman–Crippen MR) is 233 cm³/mol. The Hall–Kier alpha value is -2.71. The SMILES string of the molecule is Cc1ccc(S(=O)(=O)N/N=C(\Cl)c2c(Br)sc(Br)c2-c2ccccc2)cc1.Cc1ccc(S(=O)(=O)NNC(=O)c2c(Br)sc(Br)c2-c2ccccc2)cc1. The monoisotopic (exact) mass is 1070 g/mol. The van der Waals surface area contributed by atoms with Crippen molar-refractivity contribution in [3.8, 4) is 22.3 Å². The standard InChI is InChI=1S/C18H13Br2ClN2O2S2.C18H14Br2N2O3S2/c1-11-7-9-13(10-8-11)27(24,25)23-22-18(21)15-14(16(19)26-17(15)20)12-5-3-2-4-6-12;1-11-7-9-13(10-8-11)27(24,25)22-21-18(23)15-14(16(19)26-17(15)20)12-5-3-2-4-6-12/h2-10,23H,1H3;2-10,22H,1H3,(H,21,23)/b22-18-;. The van der Waals surface area contributed by atoms with E-state index in [1.807, 2.05) is 74.5 Å². The lowest BCUT2D eigenvalue weighted by atomic mass is 10.0. The molecule has 1 amide bonds. The van der Waals surface area contributed by atoms with Crippen LogP contribution in [0.2, 0.25) is 0 Å². The molecule has 0 aliphatic heterocycles. The Morgan fingerprint density at radius 3 is 1.46 bits per heavy atom. The second-order valence-corrected chi connectivity index (χ2v) is 22.2. The number of amides is 1. The zero-order valence-electron chi connectivity index (χ0n) is 27.9. The van der Waals surface area contributed by atoms with Gasteiger partial charge in [0.1, 0.15) is 0 Å². The predicted octanol–water partition coefficient (Wildman–Crippen LogP) is 11.0. The third kappa shape index (κ3) is 10.4. The fraction of sp³-hybridized carbons (Fsp3) is 0.0556. The molecule has 0 aliphatic carbocycles. The van der Waals surface area contributed by atoms with Crippen LogP contribution in [0.5, 0.6) is 0 Å². The van der Waals surface area contributed by atoms with Crippen molar-refractivity contribution < 1.29 is 21.6 Å². The molecule has 3 N–H and O–H groups in total. The van der Waals surface area contributed by atoms with Gasteiger partial charge in [-0.2, -0.15) is 18.4 Å². The topological polar surface area (TPSA) is 134 Å². The number of halogens is 5. The minimum absolute atomic E-state index is 0.0402. The molecule has 18 heteroatoms. The molecule has 4 aromatic carbocycles. The van der Waals surface area contributed by atoms with Gasteiger partial charge in [0.05, 0.1) is 30.5 Å². The van der Waals surface area contributed by atoms with E-state index in [0.29, 0.717) is 20.5 Å². The molecule has 0 bridgehead atoms. The molecule has 2 aromatic heterocycles. The normalized spacial score (nSPS) is 11.8. The van der Waals surface area contributed by atoms with Gasteiger partial charge in [-0.05, 0) is 113 Å². The highest BCUT2D eigenvalue weighted by Gasteiger charge is 2.25. The summed E-state index contributed by atoms with van der Waals surface area (Å²) < 4.78 is 52.6. The third-order valence-electron chi connectivity index (χ3n) is 7.43. The Balaban J connectivity index is 0.000000208. The van der Waals surface area contributed by atoms with Crippen molar-refractivity contribution in [3.05, 3.63) is 147 Å². The number of aryl methyl sites for hydroxylation is 2. The summed E-state index contributed by atoms with van der Waals surface area (Å²) in [6, 6.07) is 31.9. The Bertz CT molecular complexity index is 2530. The Morgan fingerprint density at radius 2 is 1.00 bits per heavy atom. The smallest absolute Gasteiger partial charge is 0.273 e. The molecule has 0 atom stereocenters. The number of rotatable bonds is 10. The zero-order valence-corrected chi connectivity index (χ0v) is 38.3. The van der Waals surface area contributed by atoms with Gasteiger partial charge in [0, 0.05) is 16.7 Å². The van der Waals surface area contributed by atoms with Crippen LogP contribution < -0.4 is 15.1 Å². The van der Waals surface area contributed by atoms with Gasteiger partial charge in [-0.25, -0.2) is 8.42 Å². The first kappa shape index (κ1) is 42.4. The van der Waals surface area contributed by atoms with E-state index in [1.165, 1.54) is 46.9 Å². The van der Waals surface area contributed by atoms with E-state index in [2.05, 4.69) is 83.9 Å². The summed E-state index contributed by atoms with van der Waals surface area (Å²) >= 11 is 23.1. The van der Waals surface area contributed by atoms with Crippen LogP contribution in [-0.4, -0.2) is 27.9 Å². The largest absolute Gasteiger partial charge is 0.276 e. The maximum Gasteiger partial charge on any atom is 0.276 e. The van der Waals surface area contributed by atoms with Crippen molar-refractivity contribution in [2.45, 2.75) is 23.6 Å². The van der Waals surface area contributed by atoms with Crippen molar-refractivity contribution in [3.63, 3.8) is 0 Å². The average molecular weight is 1080 g/mol. The molecule has 0 fully saturated rings. The van der Waals surface area contributed by atoms with Gasteiger partial charge in [-0.1, -0.05) is 108 Å². The number of nitrogens with one attached hydrogen (secondary N) is 3. The maximum absolute atomic E-state index is 12.7. The Kier molecular flexibility index (Phi) is 14.5. The molecule has 0 saturated carbocycles. The van der Waals surface area contributed by atoms with Crippen LogP contribution in [0.15, 0.2) is 139 Å². The number of hydrazine groups is 1. The van der Waals surface area contributed by atoms with Gasteiger partial charge >= 0.3 is 0 Å². The molecule has 0 unspecified atom stereocenters. The summed E-state index contributed by atoms with van der Waals surface area (Å²) in [6.07, 6.45) is 0. The minimum Gasteiger partial charge on any atom is -0.273 e. The number of carbonyl (C=O) groups is 1. The maximum atomic E-state index is 12.7. The molecule has 54 heavy (non-hydrogen) atoms. The Labute approximate surface area is 359 Å². The fourth-order valence-electron chi connectivity index (χ4n) is 4.75. The summed E-state index contributed by atoms with van der Waals surface area (Å²) in [4.78, 5) is 17.3. The zero-order chi connectivity index (χ0) is 39.2. The molecule has 0 saturated heterocycles. The van der Waals surface area contributed by atoms with Gasteiger partial charge in [0.15, 0.2) is 5.17 Å². The van der Waals surface area contributed by atoms with Crippen LogP contribution in [0.25, 0.3) is 22.3 Å². The highest BCUT2D eigenvalue weighted by molar-refractivity contribution is 9.12. The molecule has 9 nitrogen and oxygen atoms in total. The lowest BCUT2D eigenvalue weighted by Crippen LogP contribution is -2.41. The number of hydrazone groups is 1. The summed E-state index contributed by atoms with van der Waals surface area (Å²) in [5, 5.41) is 3.97. The quantitative estimate of drug-likeness (QED) is 0.0928. The average Bonchev–Trinajstić information content (AvgIpc) is 3.63. The van der Waals surface area contributed by atoms with Gasteiger partial charge < -0.3 is 0 Å². The fourth-order valence-corrected chi connectivity index (χ4v) is 13.3. The van der Waals surface area contributed by atoms with Crippen LogP contribution >= 0.6 is 98.0 Å². The van der Waals surface area contributed by atoms with E-state index < -0.39 is 26.0 Å². The molecular formula is C36H27Br4ClN4O5S4. The van der Waals surface area contributed by atoms with Crippen LogP contribution in [-0.2, 0) is 20.0 Å². The second-order valence-electron chi connectivity index (χ2n) is 11.2. The number of thiophene rings is 2. The third-order valence-corrected chi connectivity index (χ3v) is 15.3. The number of nitrogens with zero attached hydrogens (tertiary/aromatic N) is 1. The highest BCUT2D eigenvalue weighted by Crippen LogP contribution is 2.45. The summed E-state index contributed by atoms with van der Waals surface area (Å²) in [5.41, 5.74) is 8.50. The molecule has 280 valence electrons. The molecule has 0 spiro atoms. The lowest BCUT2D eigenvalue weighted by molar-refractivity contribution is 0.0945. The number of sulfonamides is 2. The number of hydrogen-bond acceptors (Lipinski definition) is 8. The van der Waals surface area contributed by atoms with Crippen molar-refractivity contribution in [1.82, 2.24) is 15.1 Å². The first-order chi connectivity index (χ1) is 25.6. The van der Waals surface area contributed by atoms with E-state index in [-0.39, 0.29) is 15.0 Å². The van der Waals surface area contributed by atoms with Crippen LogP contribution in [0.3, 0.4) is 0 Å². The van der Waals surface area contributed by atoms with Crippen molar-refractivity contribution in [1.29, 1.82) is 0 Å². The molecule has 2 heterocycles. The van der Waals surface area contributed by atoms with Crippen LogP contribution in [0, 0.1) is 13.8 Å². The Morgan fingerprint density at radius 1 is 0.593 bits per heavy atom. The van der Waals surface area contributed by atoms with Gasteiger partial charge in [0.25, 0.3) is 26.0 Å². The van der Waals surface area contributed by atoms with Gasteiger partial charge in [-0.3, -0.25) is 10.2 Å². The van der Waals surface area contributed by atoms with E-state index in [0.717, 1.165) is 39.2 Å².